The summed E-state index contributed by atoms with van der Waals surface area (Å²) in [4.78, 5) is 7.68. The van der Waals surface area contributed by atoms with Gasteiger partial charge in [0.05, 0.1) is 0 Å². The molecule has 0 saturated heterocycles. The van der Waals surface area contributed by atoms with Crippen LogP contribution in [0, 0.1) is 0 Å². The Kier molecular flexibility index (Phi) is 3.77. The summed E-state index contributed by atoms with van der Waals surface area (Å²) in [6.07, 6.45) is 0.935. The fourth-order valence-electron chi connectivity index (χ4n) is 1.00. The molecule has 1 rings (SSSR count). The van der Waals surface area contributed by atoms with Gasteiger partial charge in [0.2, 0.25) is 5.28 Å². The topological polar surface area (TPSA) is 25.8 Å². The van der Waals surface area contributed by atoms with Crippen molar-refractivity contribution in [1.29, 1.82) is 0 Å². The highest BCUT2D eigenvalue weighted by molar-refractivity contribution is 6.36. The van der Waals surface area contributed by atoms with E-state index in [2.05, 4.69) is 9.97 Å². The third-order valence-corrected chi connectivity index (χ3v) is 2.68. The molecule has 13 heavy (non-hydrogen) atoms. The quantitative estimate of drug-likeness (QED) is 0.577. The van der Waals surface area contributed by atoms with Crippen LogP contribution in [0.4, 0.5) is 0 Å². The van der Waals surface area contributed by atoms with Crippen LogP contribution in [-0.4, -0.2) is 9.97 Å². The van der Waals surface area contributed by atoms with Crippen LogP contribution in [-0.2, 0) is 0 Å². The molecule has 0 N–H and O–H groups in total. The standard InChI is InChI=1S/C8H9Cl3N2/c1-3-4(2)5-6(9)12-8(11)13-7(5)10/h4H,3H2,1-2H3/t4-/m1/s1. The van der Waals surface area contributed by atoms with Gasteiger partial charge in [-0.15, -0.1) is 0 Å². The number of halogens is 3. The summed E-state index contributed by atoms with van der Waals surface area (Å²) >= 11 is 17.4. The van der Waals surface area contributed by atoms with E-state index in [9.17, 15) is 0 Å². The van der Waals surface area contributed by atoms with Crippen LogP contribution in [0.15, 0.2) is 0 Å². The van der Waals surface area contributed by atoms with E-state index in [4.69, 9.17) is 34.8 Å². The molecule has 0 saturated carbocycles. The molecule has 0 aliphatic carbocycles. The molecule has 72 valence electrons. The molecule has 0 amide bonds. The van der Waals surface area contributed by atoms with Crippen molar-refractivity contribution < 1.29 is 0 Å². The van der Waals surface area contributed by atoms with E-state index in [0.29, 0.717) is 10.3 Å². The Hall–Kier alpha value is -0.0500. The first-order valence-corrected chi connectivity index (χ1v) is 5.08. The van der Waals surface area contributed by atoms with Crippen LogP contribution < -0.4 is 0 Å². The molecule has 1 heterocycles. The van der Waals surface area contributed by atoms with Gasteiger partial charge in [-0.25, -0.2) is 9.97 Å². The largest absolute Gasteiger partial charge is 0.225 e. The van der Waals surface area contributed by atoms with Crippen molar-refractivity contribution in [3.05, 3.63) is 21.2 Å². The van der Waals surface area contributed by atoms with Gasteiger partial charge >= 0.3 is 0 Å². The third kappa shape index (κ3) is 2.46. The highest BCUT2D eigenvalue weighted by atomic mass is 35.5. The zero-order valence-electron chi connectivity index (χ0n) is 7.31. The number of hydrogen-bond acceptors (Lipinski definition) is 2. The maximum Gasteiger partial charge on any atom is 0.225 e. The van der Waals surface area contributed by atoms with Gasteiger partial charge in [0.25, 0.3) is 0 Å². The van der Waals surface area contributed by atoms with E-state index in [1.165, 1.54) is 0 Å². The Labute approximate surface area is 92.2 Å². The molecular weight excluding hydrogens is 230 g/mol. The average Bonchev–Trinajstić information content (AvgIpc) is 2.02. The molecular formula is C8H9Cl3N2. The highest BCUT2D eigenvalue weighted by Gasteiger charge is 2.15. The van der Waals surface area contributed by atoms with Gasteiger partial charge in [0.15, 0.2) is 0 Å². The lowest BCUT2D eigenvalue weighted by molar-refractivity contribution is 0.725. The predicted octanol–water partition coefficient (Wildman–Crippen LogP) is 3.95. The average molecular weight is 240 g/mol. The first-order valence-electron chi connectivity index (χ1n) is 3.94. The van der Waals surface area contributed by atoms with E-state index in [-0.39, 0.29) is 11.2 Å². The van der Waals surface area contributed by atoms with Crippen LogP contribution in [0.2, 0.25) is 15.6 Å². The molecule has 0 bridgehead atoms. The minimum Gasteiger partial charge on any atom is -0.206 e. The minimum atomic E-state index is 0.0852. The number of hydrogen-bond donors (Lipinski definition) is 0. The summed E-state index contributed by atoms with van der Waals surface area (Å²) in [5.41, 5.74) is 0.773. The Balaban J connectivity index is 3.20. The van der Waals surface area contributed by atoms with Crippen LogP contribution in [0.3, 0.4) is 0 Å². The first kappa shape index (κ1) is 11.0. The van der Waals surface area contributed by atoms with Gasteiger partial charge < -0.3 is 0 Å². The van der Waals surface area contributed by atoms with E-state index in [1.54, 1.807) is 0 Å². The SMILES string of the molecule is CC[C@@H](C)c1c(Cl)nc(Cl)nc1Cl. The third-order valence-electron chi connectivity index (χ3n) is 1.93. The van der Waals surface area contributed by atoms with Gasteiger partial charge in [-0.3, -0.25) is 0 Å². The molecule has 2 nitrogen and oxygen atoms in total. The molecule has 5 heteroatoms. The Morgan fingerprint density at radius 1 is 1.15 bits per heavy atom. The maximum absolute atomic E-state index is 5.89. The van der Waals surface area contributed by atoms with Crippen LogP contribution in [0.5, 0.6) is 0 Å². The van der Waals surface area contributed by atoms with Gasteiger partial charge in [-0.05, 0) is 23.9 Å². The number of rotatable bonds is 2. The molecule has 0 spiro atoms. The fourth-order valence-corrected chi connectivity index (χ4v) is 2.02. The maximum atomic E-state index is 5.89. The summed E-state index contributed by atoms with van der Waals surface area (Å²) in [5.74, 6) is 0.247. The predicted molar refractivity (Wildman–Crippen MR) is 55.8 cm³/mol. The smallest absolute Gasteiger partial charge is 0.206 e. The summed E-state index contributed by atoms with van der Waals surface area (Å²) in [6.45, 7) is 4.07. The zero-order chi connectivity index (χ0) is 10.0. The monoisotopic (exact) mass is 238 g/mol. The number of nitrogens with zero attached hydrogens (tertiary/aromatic N) is 2. The zero-order valence-corrected chi connectivity index (χ0v) is 9.58. The van der Waals surface area contributed by atoms with Crippen LogP contribution in [0.1, 0.15) is 31.7 Å². The second-order valence-electron chi connectivity index (χ2n) is 2.80. The van der Waals surface area contributed by atoms with E-state index in [0.717, 1.165) is 12.0 Å². The van der Waals surface area contributed by atoms with Crippen LogP contribution >= 0.6 is 34.8 Å². The molecule has 0 radical (unpaired) electrons. The molecule has 1 atom stereocenters. The van der Waals surface area contributed by atoms with Gasteiger partial charge in [-0.1, -0.05) is 37.0 Å². The number of aromatic nitrogens is 2. The molecule has 1 aromatic heterocycles. The van der Waals surface area contributed by atoms with Crippen molar-refractivity contribution in [3.8, 4) is 0 Å². The van der Waals surface area contributed by atoms with Crippen molar-refractivity contribution >= 4 is 34.8 Å². The Morgan fingerprint density at radius 3 is 2.00 bits per heavy atom. The van der Waals surface area contributed by atoms with Crippen molar-refractivity contribution in [2.24, 2.45) is 0 Å². The van der Waals surface area contributed by atoms with Gasteiger partial charge in [-0.2, -0.15) is 0 Å². The molecule has 0 fully saturated rings. The Bertz CT molecular complexity index is 291. The van der Waals surface area contributed by atoms with Crippen molar-refractivity contribution in [3.63, 3.8) is 0 Å². The second kappa shape index (κ2) is 4.45. The van der Waals surface area contributed by atoms with Crippen molar-refractivity contribution in [1.82, 2.24) is 9.97 Å². The van der Waals surface area contributed by atoms with E-state index in [1.807, 2.05) is 13.8 Å². The van der Waals surface area contributed by atoms with Gasteiger partial charge in [0, 0.05) is 5.56 Å². The first-order chi connectivity index (χ1) is 6.06. The lowest BCUT2D eigenvalue weighted by atomic mass is 10.0. The van der Waals surface area contributed by atoms with Gasteiger partial charge in [0.1, 0.15) is 10.3 Å². The summed E-state index contributed by atoms with van der Waals surface area (Å²) in [7, 11) is 0. The van der Waals surface area contributed by atoms with E-state index >= 15 is 0 Å². The highest BCUT2D eigenvalue weighted by Crippen LogP contribution is 2.31. The molecule has 0 unspecified atom stereocenters. The lowest BCUT2D eigenvalue weighted by Crippen LogP contribution is -1.99. The Morgan fingerprint density at radius 2 is 1.62 bits per heavy atom. The summed E-state index contributed by atoms with van der Waals surface area (Å²) in [5, 5.41) is 0.778. The van der Waals surface area contributed by atoms with Crippen molar-refractivity contribution in [2.75, 3.05) is 0 Å². The summed E-state index contributed by atoms with van der Waals surface area (Å²) in [6, 6.07) is 0. The molecule has 1 aromatic rings. The lowest BCUT2D eigenvalue weighted by Gasteiger charge is -2.11. The van der Waals surface area contributed by atoms with Crippen molar-refractivity contribution in [2.45, 2.75) is 26.2 Å². The fraction of sp³-hybridized carbons (Fsp3) is 0.500. The normalized spacial score (nSPS) is 13.0. The van der Waals surface area contributed by atoms with Crippen LogP contribution in [0.25, 0.3) is 0 Å². The summed E-state index contributed by atoms with van der Waals surface area (Å²) < 4.78 is 0. The molecule has 0 aromatic carbocycles. The molecule has 0 aliphatic heterocycles. The van der Waals surface area contributed by atoms with E-state index < -0.39 is 0 Å². The minimum absolute atomic E-state index is 0.0852. The molecule has 0 aliphatic rings. The second-order valence-corrected chi connectivity index (χ2v) is 3.85.